The van der Waals surface area contributed by atoms with Crippen LogP contribution in [0.3, 0.4) is 0 Å². The average Bonchev–Trinajstić information content (AvgIpc) is 3.09. The summed E-state index contributed by atoms with van der Waals surface area (Å²) in [6.07, 6.45) is -6.99. The summed E-state index contributed by atoms with van der Waals surface area (Å²) in [6.45, 7) is -1.62. The van der Waals surface area contributed by atoms with E-state index in [2.05, 4.69) is 9.97 Å². The van der Waals surface area contributed by atoms with Crippen molar-refractivity contribution in [1.29, 1.82) is 0 Å². The zero-order chi connectivity index (χ0) is 22.8. The van der Waals surface area contributed by atoms with Gasteiger partial charge in [-0.1, -0.05) is 12.1 Å². The average molecular weight is 447 g/mol. The molecule has 3 heterocycles. The first-order valence-electron chi connectivity index (χ1n) is 8.69. The first-order chi connectivity index (χ1) is 14.5. The van der Waals surface area contributed by atoms with Gasteiger partial charge in [-0.25, -0.2) is 9.97 Å². The summed E-state index contributed by atoms with van der Waals surface area (Å²) < 4.78 is 78.8. The van der Waals surface area contributed by atoms with Gasteiger partial charge < -0.3 is 10.6 Å². The molecule has 0 aliphatic rings. The van der Waals surface area contributed by atoms with Crippen LogP contribution in [0.25, 0.3) is 5.52 Å². The second-order valence-electron chi connectivity index (χ2n) is 6.37. The number of alkyl halides is 6. The number of nitrogens with zero attached hydrogens (tertiary/aromatic N) is 1. The number of carbonyl (C=O) groups is 2. The van der Waals surface area contributed by atoms with Crippen molar-refractivity contribution in [3.05, 3.63) is 66.0 Å². The van der Waals surface area contributed by atoms with Crippen molar-refractivity contribution in [3.63, 3.8) is 0 Å². The Morgan fingerprint density at radius 3 is 2.35 bits per heavy atom. The fraction of sp³-hybridized carbons (Fsp3) is 0.222. The Kier molecular flexibility index (Phi) is 5.86. The van der Waals surface area contributed by atoms with Gasteiger partial charge in [0.05, 0.1) is 6.20 Å². The number of amides is 2. The predicted octanol–water partition coefficient (Wildman–Crippen LogP) is 1.89. The fourth-order valence-corrected chi connectivity index (χ4v) is 2.81. The Balaban J connectivity index is 1.95. The third kappa shape index (κ3) is 5.10. The van der Waals surface area contributed by atoms with E-state index in [4.69, 9.17) is 0 Å². The molecule has 31 heavy (non-hydrogen) atoms. The number of carbonyl (C=O) groups excluding carboxylic acids is 2. The molecule has 0 saturated heterocycles. The lowest BCUT2D eigenvalue weighted by molar-refractivity contribution is -0.514. The molecular weight excluding hydrogens is 432 g/mol. The van der Waals surface area contributed by atoms with E-state index in [0.29, 0.717) is 0 Å². The number of aromatic nitrogens is 3. The SMILES string of the molecule is O=C(NC(c1cccc[nH+]1)C(F)(F)F)c1[nH]c(C(=O)NCC(F)(F)F)[n+]2ccccc12. The highest BCUT2D eigenvalue weighted by Gasteiger charge is 2.46. The summed E-state index contributed by atoms with van der Waals surface area (Å²) in [5.41, 5.74) is -0.770. The topological polar surface area (TPSA) is 92.2 Å². The van der Waals surface area contributed by atoms with E-state index >= 15 is 0 Å². The van der Waals surface area contributed by atoms with Crippen LogP contribution in [-0.4, -0.2) is 35.7 Å². The molecule has 0 aliphatic carbocycles. The number of H-pyrrole nitrogens is 2. The molecule has 3 aromatic rings. The Morgan fingerprint density at radius 2 is 1.74 bits per heavy atom. The van der Waals surface area contributed by atoms with E-state index in [1.54, 1.807) is 5.32 Å². The van der Waals surface area contributed by atoms with Gasteiger partial charge in [0, 0.05) is 12.1 Å². The molecule has 3 rings (SSSR count). The van der Waals surface area contributed by atoms with Gasteiger partial charge >= 0.3 is 24.1 Å². The van der Waals surface area contributed by atoms with Crippen molar-refractivity contribution in [2.24, 2.45) is 0 Å². The maximum Gasteiger partial charge on any atom is 0.418 e. The molecule has 1 atom stereocenters. The van der Waals surface area contributed by atoms with Crippen LogP contribution in [-0.2, 0) is 0 Å². The lowest BCUT2D eigenvalue weighted by atomic mass is 10.1. The monoisotopic (exact) mass is 447 g/mol. The molecule has 0 aromatic carbocycles. The number of aromatic amines is 2. The molecule has 0 fully saturated rings. The van der Waals surface area contributed by atoms with Crippen molar-refractivity contribution in [1.82, 2.24) is 15.6 Å². The predicted molar refractivity (Wildman–Crippen MR) is 91.6 cm³/mol. The number of hydrogen-bond donors (Lipinski definition) is 3. The number of fused-ring (bicyclic) bond motifs is 1. The molecule has 3 aromatic heterocycles. The number of pyridine rings is 2. The highest BCUT2D eigenvalue weighted by Crippen LogP contribution is 2.31. The molecule has 0 radical (unpaired) electrons. The largest absolute Gasteiger partial charge is 0.418 e. The molecule has 13 heteroatoms. The molecular formula is C18H15F6N5O2+2. The van der Waals surface area contributed by atoms with Crippen molar-refractivity contribution in [2.75, 3.05) is 6.54 Å². The number of halogens is 6. The Hall–Kier alpha value is -3.64. The normalized spacial score (nSPS) is 13.1. The second-order valence-corrected chi connectivity index (χ2v) is 6.37. The summed E-state index contributed by atoms with van der Waals surface area (Å²) >= 11 is 0. The Morgan fingerprint density at radius 1 is 1.03 bits per heavy atom. The standard InChI is InChI=1S/C18H13F6N5O2/c19-17(20,21)9-26-16(31)14-27-12(11-6-2-4-8-29(11)14)15(30)28-13(18(22,23)24)10-5-1-3-7-25-10/h1-8,13H,9H2,(H2,26,28,30,31)/p+2. The van der Waals surface area contributed by atoms with Gasteiger partial charge in [0.25, 0.3) is 5.91 Å². The van der Waals surface area contributed by atoms with Crippen molar-refractivity contribution in [3.8, 4) is 0 Å². The van der Waals surface area contributed by atoms with Crippen LogP contribution in [0.4, 0.5) is 26.3 Å². The van der Waals surface area contributed by atoms with E-state index in [0.717, 1.165) is 10.5 Å². The highest BCUT2D eigenvalue weighted by molar-refractivity contribution is 6.00. The number of imidazole rings is 1. The van der Waals surface area contributed by atoms with Crippen LogP contribution < -0.4 is 20.0 Å². The Labute approximate surface area is 170 Å². The molecule has 0 saturated carbocycles. The summed E-state index contributed by atoms with van der Waals surface area (Å²) in [5, 5.41) is 3.48. The number of hydrogen-bond acceptors (Lipinski definition) is 2. The third-order valence-electron chi connectivity index (χ3n) is 4.14. The molecule has 0 aliphatic heterocycles. The van der Waals surface area contributed by atoms with Gasteiger partial charge in [0.15, 0.2) is 11.7 Å². The van der Waals surface area contributed by atoms with E-state index in [-0.39, 0.29) is 11.2 Å². The smallest absolute Gasteiger partial charge is 0.336 e. The van der Waals surface area contributed by atoms with Crippen molar-refractivity contribution < 1.29 is 45.3 Å². The van der Waals surface area contributed by atoms with E-state index < -0.39 is 48.3 Å². The van der Waals surface area contributed by atoms with Crippen LogP contribution in [0.5, 0.6) is 0 Å². The van der Waals surface area contributed by atoms with Crippen molar-refractivity contribution in [2.45, 2.75) is 18.4 Å². The maximum absolute atomic E-state index is 13.5. The Bertz CT molecular complexity index is 1090. The van der Waals surface area contributed by atoms with Gasteiger partial charge in [-0.3, -0.25) is 9.59 Å². The zero-order valence-electron chi connectivity index (χ0n) is 15.4. The summed E-state index contributed by atoms with van der Waals surface area (Å²) in [6, 6.07) is 5.75. The first-order valence-corrected chi connectivity index (χ1v) is 8.69. The van der Waals surface area contributed by atoms with E-state index in [1.165, 1.54) is 42.7 Å². The van der Waals surface area contributed by atoms with Crippen LogP contribution in [0, 0.1) is 0 Å². The second kappa shape index (κ2) is 8.24. The molecule has 164 valence electrons. The van der Waals surface area contributed by atoms with Crippen LogP contribution >= 0.6 is 0 Å². The molecule has 7 nitrogen and oxygen atoms in total. The number of nitrogens with one attached hydrogen (secondary N) is 4. The number of rotatable bonds is 5. The van der Waals surface area contributed by atoms with Gasteiger partial charge in [-0.05, 0) is 12.1 Å². The van der Waals surface area contributed by atoms with Crippen LogP contribution in [0.2, 0.25) is 0 Å². The third-order valence-corrected chi connectivity index (χ3v) is 4.14. The van der Waals surface area contributed by atoms with E-state index in [9.17, 15) is 35.9 Å². The highest BCUT2D eigenvalue weighted by atomic mass is 19.4. The van der Waals surface area contributed by atoms with Gasteiger partial charge in [0.2, 0.25) is 17.4 Å². The van der Waals surface area contributed by atoms with Crippen LogP contribution in [0.1, 0.15) is 32.8 Å². The summed E-state index contributed by atoms with van der Waals surface area (Å²) in [5.74, 6) is -2.86. The van der Waals surface area contributed by atoms with Gasteiger partial charge in [-0.15, -0.1) is 0 Å². The van der Waals surface area contributed by atoms with E-state index in [1.807, 2.05) is 5.32 Å². The molecule has 2 amide bonds. The quantitative estimate of drug-likeness (QED) is 0.412. The van der Waals surface area contributed by atoms with Crippen LogP contribution in [0.15, 0.2) is 48.8 Å². The van der Waals surface area contributed by atoms with Gasteiger partial charge in [0.1, 0.15) is 6.54 Å². The summed E-state index contributed by atoms with van der Waals surface area (Å²) in [4.78, 5) is 29.6. The lowest BCUT2D eigenvalue weighted by Crippen LogP contribution is -2.41. The first kappa shape index (κ1) is 22.1. The molecule has 4 N–H and O–H groups in total. The minimum atomic E-state index is -4.85. The maximum atomic E-state index is 13.5. The minimum absolute atomic E-state index is 0.00451. The fourth-order valence-electron chi connectivity index (χ4n) is 2.81. The minimum Gasteiger partial charge on any atom is -0.336 e. The summed E-state index contributed by atoms with van der Waals surface area (Å²) in [7, 11) is 0. The lowest BCUT2D eigenvalue weighted by Gasteiger charge is -2.17. The van der Waals surface area contributed by atoms with Crippen molar-refractivity contribution >= 4 is 17.3 Å². The van der Waals surface area contributed by atoms with Gasteiger partial charge in [-0.2, -0.15) is 30.7 Å². The molecule has 1 unspecified atom stereocenters. The molecule has 0 spiro atoms. The zero-order valence-corrected chi connectivity index (χ0v) is 15.4. The molecule has 0 bridgehead atoms.